The van der Waals surface area contributed by atoms with Crippen molar-refractivity contribution in [2.75, 3.05) is 23.7 Å². The van der Waals surface area contributed by atoms with E-state index >= 15 is 0 Å². The molecule has 140 valence electrons. The monoisotopic (exact) mass is 390 g/mol. The van der Waals surface area contributed by atoms with E-state index in [1.165, 1.54) is 0 Å². The highest BCUT2D eigenvalue weighted by Crippen LogP contribution is 2.31. The van der Waals surface area contributed by atoms with E-state index in [9.17, 15) is 9.59 Å². The fourth-order valence-corrected chi connectivity index (χ4v) is 3.47. The summed E-state index contributed by atoms with van der Waals surface area (Å²) in [7, 11) is 0. The normalized spacial score (nSPS) is 12.4. The topological polar surface area (TPSA) is 82.3 Å². The summed E-state index contributed by atoms with van der Waals surface area (Å²) in [5.74, 6) is -0.724. The number of nitrogens with one attached hydrogen (secondary N) is 4. The molecule has 0 spiro atoms. The predicted molar refractivity (Wildman–Crippen MR) is 115 cm³/mol. The number of rotatable bonds is 5. The molecule has 0 radical (unpaired) electrons. The summed E-state index contributed by atoms with van der Waals surface area (Å²) in [6, 6.07) is 18.8. The minimum Gasteiger partial charge on any atom is -0.383 e. The Morgan fingerprint density at radius 3 is 2.39 bits per heavy atom. The lowest BCUT2D eigenvalue weighted by Crippen LogP contribution is -2.34. The van der Waals surface area contributed by atoms with E-state index in [2.05, 4.69) is 21.3 Å². The molecular formula is C21H18N4O2S. The molecule has 3 aromatic rings. The molecule has 28 heavy (non-hydrogen) atoms. The fraction of sp³-hybridized carbons (Fsp3) is 0.0952. The molecule has 0 saturated carbocycles. The molecule has 0 fully saturated rings. The summed E-state index contributed by atoms with van der Waals surface area (Å²) in [6.07, 6.45) is 0. The number of thiocarbonyl (C=S) groups is 1. The standard InChI is InChI=1S/C21H18N4O2S/c26-19-15-8-4-7-14-17(10-9-16(18(14)15)20(27)25-19)22-11-12-23-21(28)24-13-5-2-1-3-6-13/h1-10,22H,11-12H2,(H2,23,24,28)(H,25,26,27). The van der Waals surface area contributed by atoms with Crippen molar-refractivity contribution in [3.8, 4) is 0 Å². The Morgan fingerprint density at radius 1 is 0.857 bits per heavy atom. The quantitative estimate of drug-likeness (QED) is 0.304. The zero-order chi connectivity index (χ0) is 19.5. The Hall–Kier alpha value is -3.45. The molecule has 4 rings (SSSR count). The van der Waals surface area contributed by atoms with Gasteiger partial charge in [-0.15, -0.1) is 0 Å². The number of benzene rings is 3. The number of hydrogen-bond donors (Lipinski definition) is 4. The summed E-state index contributed by atoms with van der Waals surface area (Å²) in [4.78, 5) is 24.2. The number of anilines is 2. The van der Waals surface area contributed by atoms with E-state index in [4.69, 9.17) is 12.2 Å². The Balaban J connectivity index is 1.42. The van der Waals surface area contributed by atoms with Crippen molar-refractivity contribution in [2.24, 2.45) is 0 Å². The number of imide groups is 1. The van der Waals surface area contributed by atoms with Crippen LogP contribution in [-0.2, 0) is 0 Å². The maximum Gasteiger partial charge on any atom is 0.258 e. The van der Waals surface area contributed by atoms with Crippen molar-refractivity contribution in [3.05, 3.63) is 71.8 Å². The second kappa shape index (κ2) is 7.66. The van der Waals surface area contributed by atoms with Gasteiger partial charge in [0.1, 0.15) is 0 Å². The van der Waals surface area contributed by atoms with E-state index in [1.54, 1.807) is 12.1 Å². The molecule has 2 amide bonds. The molecule has 7 heteroatoms. The van der Waals surface area contributed by atoms with Gasteiger partial charge in [-0.25, -0.2) is 0 Å². The minimum absolute atomic E-state index is 0.362. The molecule has 1 heterocycles. The molecule has 0 aromatic heterocycles. The molecule has 0 atom stereocenters. The summed E-state index contributed by atoms with van der Waals surface area (Å²) < 4.78 is 0. The number of carbonyl (C=O) groups excluding carboxylic acids is 2. The molecule has 1 aliphatic rings. The van der Waals surface area contributed by atoms with Crippen LogP contribution in [0.15, 0.2) is 60.7 Å². The van der Waals surface area contributed by atoms with Crippen LogP contribution in [0.3, 0.4) is 0 Å². The molecule has 0 bridgehead atoms. The highest BCUT2D eigenvalue weighted by Gasteiger charge is 2.25. The van der Waals surface area contributed by atoms with E-state index in [1.807, 2.05) is 48.5 Å². The van der Waals surface area contributed by atoms with Gasteiger partial charge in [0.2, 0.25) is 0 Å². The summed E-state index contributed by atoms with van der Waals surface area (Å²) in [6.45, 7) is 1.23. The highest BCUT2D eigenvalue weighted by molar-refractivity contribution is 7.80. The van der Waals surface area contributed by atoms with Gasteiger partial charge in [0.15, 0.2) is 5.11 Å². The maximum atomic E-state index is 12.1. The van der Waals surface area contributed by atoms with Crippen LogP contribution in [0.2, 0.25) is 0 Å². The van der Waals surface area contributed by atoms with Crippen LogP contribution in [0.1, 0.15) is 20.7 Å². The van der Waals surface area contributed by atoms with E-state index in [0.717, 1.165) is 16.8 Å². The third kappa shape index (κ3) is 3.52. The van der Waals surface area contributed by atoms with Gasteiger partial charge in [-0.1, -0.05) is 30.3 Å². The van der Waals surface area contributed by atoms with Crippen molar-refractivity contribution < 1.29 is 9.59 Å². The molecule has 4 N–H and O–H groups in total. The van der Waals surface area contributed by atoms with Crippen molar-refractivity contribution >= 4 is 51.3 Å². The van der Waals surface area contributed by atoms with Gasteiger partial charge in [-0.2, -0.15) is 0 Å². The highest BCUT2D eigenvalue weighted by atomic mass is 32.1. The first kappa shape index (κ1) is 17.9. The first-order valence-corrected chi connectivity index (χ1v) is 9.29. The first-order valence-electron chi connectivity index (χ1n) is 8.88. The summed E-state index contributed by atoms with van der Waals surface area (Å²) >= 11 is 5.29. The lowest BCUT2D eigenvalue weighted by molar-refractivity contribution is 0.0845. The second-order valence-electron chi connectivity index (χ2n) is 6.35. The Labute approximate surface area is 167 Å². The lowest BCUT2D eigenvalue weighted by atomic mass is 9.94. The number of carbonyl (C=O) groups is 2. The summed E-state index contributed by atoms with van der Waals surface area (Å²) in [5, 5.41) is 14.1. The van der Waals surface area contributed by atoms with Crippen LogP contribution < -0.4 is 21.3 Å². The number of amides is 2. The van der Waals surface area contributed by atoms with Crippen LogP contribution >= 0.6 is 12.2 Å². The van der Waals surface area contributed by atoms with E-state index < -0.39 is 0 Å². The minimum atomic E-state index is -0.362. The molecule has 0 unspecified atom stereocenters. The molecule has 3 aromatic carbocycles. The fourth-order valence-electron chi connectivity index (χ4n) is 3.25. The Bertz CT molecular complexity index is 1060. The molecule has 0 saturated heterocycles. The molecular weight excluding hydrogens is 372 g/mol. The Morgan fingerprint density at radius 2 is 1.61 bits per heavy atom. The zero-order valence-electron chi connectivity index (χ0n) is 14.9. The van der Waals surface area contributed by atoms with Crippen LogP contribution in [0, 0.1) is 0 Å². The largest absolute Gasteiger partial charge is 0.383 e. The smallest absolute Gasteiger partial charge is 0.258 e. The Kier molecular flexibility index (Phi) is 4.90. The van der Waals surface area contributed by atoms with Gasteiger partial charge in [0, 0.05) is 46.4 Å². The second-order valence-corrected chi connectivity index (χ2v) is 6.75. The van der Waals surface area contributed by atoms with Crippen LogP contribution in [-0.4, -0.2) is 30.0 Å². The third-order valence-electron chi connectivity index (χ3n) is 4.51. The van der Waals surface area contributed by atoms with Gasteiger partial charge in [-0.3, -0.25) is 14.9 Å². The predicted octanol–water partition coefficient (Wildman–Crippen LogP) is 3.12. The van der Waals surface area contributed by atoms with Crippen LogP contribution in [0.4, 0.5) is 11.4 Å². The van der Waals surface area contributed by atoms with Crippen molar-refractivity contribution in [3.63, 3.8) is 0 Å². The maximum absolute atomic E-state index is 12.1. The van der Waals surface area contributed by atoms with Crippen molar-refractivity contribution in [2.45, 2.75) is 0 Å². The average molecular weight is 390 g/mol. The van der Waals surface area contributed by atoms with Crippen LogP contribution in [0.25, 0.3) is 10.8 Å². The zero-order valence-corrected chi connectivity index (χ0v) is 15.7. The molecule has 6 nitrogen and oxygen atoms in total. The van der Waals surface area contributed by atoms with Gasteiger partial charge in [-0.05, 0) is 42.5 Å². The van der Waals surface area contributed by atoms with E-state index in [-0.39, 0.29) is 11.8 Å². The SMILES string of the molecule is O=C1NC(=O)c2ccc(NCCNC(=S)Nc3ccccc3)c3cccc1c23. The van der Waals surface area contributed by atoms with Gasteiger partial charge >= 0.3 is 0 Å². The molecule has 0 aliphatic carbocycles. The van der Waals surface area contributed by atoms with Gasteiger partial charge in [0.25, 0.3) is 11.8 Å². The number of hydrogen-bond acceptors (Lipinski definition) is 4. The van der Waals surface area contributed by atoms with Crippen molar-refractivity contribution in [1.82, 2.24) is 10.6 Å². The molecule has 1 aliphatic heterocycles. The summed E-state index contributed by atoms with van der Waals surface area (Å²) in [5.41, 5.74) is 2.83. The first-order chi connectivity index (χ1) is 13.6. The van der Waals surface area contributed by atoms with Gasteiger partial charge < -0.3 is 16.0 Å². The van der Waals surface area contributed by atoms with Crippen molar-refractivity contribution in [1.29, 1.82) is 0 Å². The lowest BCUT2D eigenvalue weighted by Gasteiger charge is -2.19. The van der Waals surface area contributed by atoms with Crippen LogP contribution in [0.5, 0.6) is 0 Å². The van der Waals surface area contributed by atoms with E-state index in [0.29, 0.717) is 34.7 Å². The number of para-hydroxylation sites is 1. The van der Waals surface area contributed by atoms with Gasteiger partial charge in [0.05, 0.1) is 0 Å². The third-order valence-corrected chi connectivity index (χ3v) is 4.76. The average Bonchev–Trinajstić information content (AvgIpc) is 2.70.